The van der Waals surface area contributed by atoms with Gasteiger partial charge in [-0.25, -0.2) is 4.98 Å². The molecular formula is C28H23N3S2. The van der Waals surface area contributed by atoms with Crippen LogP contribution in [0.2, 0.25) is 0 Å². The highest BCUT2D eigenvalue weighted by atomic mass is 32.3. The van der Waals surface area contributed by atoms with Crippen LogP contribution in [-0.2, 0) is 0 Å². The van der Waals surface area contributed by atoms with Gasteiger partial charge in [0.2, 0.25) is 0 Å². The monoisotopic (exact) mass is 465 g/mol. The van der Waals surface area contributed by atoms with Crippen molar-refractivity contribution in [3.63, 3.8) is 0 Å². The maximum Gasteiger partial charge on any atom is 0.173 e. The number of hydrogen-bond acceptors (Lipinski definition) is 4. The van der Waals surface area contributed by atoms with Crippen molar-refractivity contribution < 1.29 is 0 Å². The highest BCUT2D eigenvalue weighted by Gasteiger charge is 2.33. The van der Waals surface area contributed by atoms with Crippen molar-refractivity contribution >= 4 is 38.6 Å². The molecule has 6 rings (SSSR count). The molecule has 4 aromatic carbocycles. The first kappa shape index (κ1) is 20.2. The minimum atomic E-state index is -1.08. The summed E-state index contributed by atoms with van der Waals surface area (Å²) in [6.45, 7) is 0. The summed E-state index contributed by atoms with van der Waals surface area (Å²) < 4.78 is 4.62. The maximum absolute atomic E-state index is 4.78. The number of benzene rings is 4. The van der Waals surface area contributed by atoms with Crippen LogP contribution >= 0.6 is 21.6 Å². The fourth-order valence-electron chi connectivity index (χ4n) is 4.47. The van der Waals surface area contributed by atoms with Crippen molar-refractivity contribution in [2.75, 3.05) is 17.4 Å². The lowest BCUT2D eigenvalue weighted by molar-refractivity contribution is 1.15. The van der Waals surface area contributed by atoms with E-state index in [2.05, 4.69) is 107 Å². The average molecular weight is 466 g/mol. The molecule has 3 nitrogen and oxygen atoms in total. The van der Waals surface area contributed by atoms with E-state index in [9.17, 15) is 0 Å². The van der Waals surface area contributed by atoms with E-state index in [-0.39, 0.29) is 0 Å². The molecule has 33 heavy (non-hydrogen) atoms. The van der Waals surface area contributed by atoms with E-state index in [0.717, 1.165) is 27.6 Å². The minimum absolute atomic E-state index is 0.774. The average Bonchev–Trinajstić information content (AvgIpc) is 3.36. The fraction of sp³-hybridized carbons (Fsp3) is 0.0714. The molecule has 162 valence electrons. The second-order valence-electron chi connectivity index (χ2n) is 8.43. The maximum atomic E-state index is 4.78. The van der Waals surface area contributed by atoms with Gasteiger partial charge >= 0.3 is 0 Å². The van der Waals surface area contributed by atoms with Gasteiger partial charge in [0.25, 0.3) is 0 Å². The second kappa shape index (κ2) is 7.87. The molecule has 0 atom stereocenters. The van der Waals surface area contributed by atoms with Gasteiger partial charge in [-0.05, 0) is 72.6 Å². The van der Waals surface area contributed by atoms with Crippen LogP contribution in [0.15, 0.2) is 113 Å². The third kappa shape index (κ3) is 3.36. The molecule has 5 heteroatoms. The van der Waals surface area contributed by atoms with Gasteiger partial charge in [0, 0.05) is 26.6 Å². The van der Waals surface area contributed by atoms with Crippen molar-refractivity contribution in [3.8, 4) is 22.0 Å². The van der Waals surface area contributed by atoms with E-state index in [1.807, 2.05) is 18.2 Å². The third-order valence-corrected chi connectivity index (χ3v) is 9.80. The van der Waals surface area contributed by atoms with Gasteiger partial charge in [0.05, 0.1) is 11.4 Å². The normalized spacial score (nSPS) is 14.9. The SMILES string of the molecule is CS1(C)c2ccccc2N(c2ccc(-c3nsc(-c4ccccc4)n3)cc2)c2ccccc21. The zero-order valence-corrected chi connectivity index (χ0v) is 20.1. The zero-order chi connectivity index (χ0) is 22.4. The summed E-state index contributed by atoms with van der Waals surface area (Å²) in [5, 5.41) is 0.943. The Kier molecular flexibility index (Phi) is 4.82. The molecule has 0 radical (unpaired) electrons. The Hall–Kier alpha value is -3.41. The van der Waals surface area contributed by atoms with Crippen LogP contribution in [0.1, 0.15) is 0 Å². The van der Waals surface area contributed by atoms with Crippen molar-refractivity contribution in [2.45, 2.75) is 9.79 Å². The van der Waals surface area contributed by atoms with E-state index >= 15 is 0 Å². The summed E-state index contributed by atoms with van der Waals surface area (Å²) in [5.74, 6) is 0.774. The van der Waals surface area contributed by atoms with Crippen LogP contribution in [0.5, 0.6) is 0 Å². The topological polar surface area (TPSA) is 29.0 Å². The molecule has 0 N–H and O–H groups in total. The van der Waals surface area contributed by atoms with E-state index in [1.54, 1.807) is 0 Å². The first-order valence-electron chi connectivity index (χ1n) is 10.8. The molecule has 2 heterocycles. The molecule has 0 fully saturated rings. The molecule has 0 bridgehead atoms. The van der Waals surface area contributed by atoms with Crippen LogP contribution in [0.4, 0.5) is 17.1 Å². The number of fused-ring (bicyclic) bond motifs is 2. The van der Waals surface area contributed by atoms with Crippen molar-refractivity contribution in [1.82, 2.24) is 9.36 Å². The summed E-state index contributed by atoms with van der Waals surface area (Å²) in [4.78, 5) is 10.0. The fourth-order valence-corrected chi connectivity index (χ4v) is 7.60. The van der Waals surface area contributed by atoms with Crippen LogP contribution in [-0.4, -0.2) is 21.9 Å². The van der Waals surface area contributed by atoms with E-state index in [1.165, 1.54) is 32.7 Å². The number of nitrogens with zero attached hydrogens (tertiary/aromatic N) is 3. The Bertz CT molecular complexity index is 1390. The smallest absolute Gasteiger partial charge is 0.173 e. The van der Waals surface area contributed by atoms with Crippen molar-refractivity contribution in [2.24, 2.45) is 0 Å². The van der Waals surface area contributed by atoms with Crippen LogP contribution < -0.4 is 4.90 Å². The largest absolute Gasteiger partial charge is 0.308 e. The molecule has 0 saturated heterocycles. The first-order valence-corrected chi connectivity index (χ1v) is 14.1. The Morgan fingerprint density at radius 1 is 0.636 bits per heavy atom. The lowest BCUT2D eigenvalue weighted by Crippen LogP contribution is -2.19. The van der Waals surface area contributed by atoms with Crippen LogP contribution in [0, 0.1) is 0 Å². The Labute approximate surface area is 199 Å². The van der Waals surface area contributed by atoms with Crippen LogP contribution in [0.25, 0.3) is 22.0 Å². The molecule has 1 aromatic heterocycles. The van der Waals surface area contributed by atoms with Gasteiger partial charge in [0.1, 0.15) is 5.01 Å². The number of aromatic nitrogens is 2. The molecular weight excluding hydrogens is 442 g/mol. The van der Waals surface area contributed by atoms with E-state index in [4.69, 9.17) is 4.98 Å². The molecule has 1 aliphatic heterocycles. The summed E-state index contributed by atoms with van der Waals surface area (Å²) >= 11 is 1.44. The summed E-state index contributed by atoms with van der Waals surface area (Å²) in [6.07, 6.45) is 4.78. The predicted molar refractivity (Wildman–Crippen MR) is 141 cm³/mol. The zero-order valence-electron chi connectivity index (χ0n) is 18.5. The molecule has 0 amide bonds. The Morgan fingerprint density at radius 2 is 1.21 bits per heavy atom. The first-order chi connectivity index (χ1) is 16.1. The quantitative estimate of drug-likeness (QED) is 0.269. The molecule has 5 aromatic rings. The van der Waals surface area contributed by atoms with Gasteiger partial charge < -0.3 is 4.90 Å². The second-order valence-corrected chi connectivity index (χ2v) is 12.7. The van der Waals surface area contributed by atoms with Gasteiger partial charge in [-0.3, -0.25) is 0 Å². The Morgan fingerprint density at radius 3 is 1.85 bits per heavy atom. The molecule has 0 aliphatic carbocycles. The number of anilines is 3. The molecule has 0 saturated carbocycles. The summed E-state index contributed by atoms with van der Waals surface area (Å²) in [5.41, 5.74) is 5.81. The molecule has 0 spiro atoms. The van der Waals surface area contributed by atoms with Gasteiger partial charge in [-0.15, -0.1) is 0 Å². The highest BCUT2D eigenvalue weighted by Crippen LogP contribution is 2.67. The van der Waals surface area contributed by atoms with Gasteiger partial charge in [-0.2, -0.15) is 14.4 Å². The van der Waals surface area contributed by atoms with E-state index in [0.29, 0.717) is 0 Å². The third-order valence-electron chi connectivity index (χ3n) is 6.14. The summed E-state index contributed by atoms with van der Waals surface area (Å²) in [7, 11) is -1.08. The minimum Gasteiger partial charge on any atom is -0.308 e. The van der Waals surface area contributed by atoms with Crippen LogP contribution in [0.3, 0.4) is 0 Å². The number of rotatable bonds is 3. The lowest BCUT2D eigenvalue weighted by Gasteiger charge is -2.45. The van der Waals surface area contributed by atoms with Gasteiger partial charge in [-0.1, -0.05) is 54.6 Å². The Balaban J connectivity index is 1.40. The van der Waals surface area contributed by atoms with Crippen molar-refractivity contribution in [3.05, 3.63) is 103 Å². The van der Waals surface area contributed by atoms with Crippen molar-refractivity contribution in [1.29, 1.82) is 0 Å². The number of hydrogen-bond donors (Lipinski definition) is 0. The van der Waals surface area contributed by atoms with Gasteiger partial charge in [0.15, 0.2) is 5.82 Å². The highest BCUT2D eigenvalue weighted by molar-refractivity contribution is 8.33. The number of para-hydroxylation sites is 2. The lowest BCUT2D eigenvalue weighted by atomic mass is 10.1. The molecule has 1 aliphatic rings. The molecule has 0 unspecified atom stereocenters. The predicted octanol–water partition coefficient (Wildman–Crippen LogP) is 8.14. The standard InChI is InChI=1S/C28H23N3S2/c1-33(2)25-14-8-6-12-23(25)31(24-13-7-9-15-26(24)33)22-18-16-20(17-19-22)27-29-28(32-30-27)21-10-4-3-5-11-21/h3-19H,1-2H3. The van der Waals surface area contributed by atoms with E-state index < -0.39 is 10.0 Å². The summed E-state index contributed by atoms with van der Waals surface area (Å²) in [6, 6.07) is 36.5.